The van der Waals surface area contributed by atoms with E-state index in [0.29, 0.717) is 0 Å². The van der Waals surface area contributed by atoms with Crippen molar-refractivity contribution in [3.05, 3.63) is 24.3 Å². The van der Waals surface area contributed by atoms with Crippen LogP contribution in [-0.2, 0) is 0 Å². The largest absolute Gasteiger partial charge is 0.356 e. The molecular formula is C20H31N5. The Morgan fingerprint density at radius 2 is 1.72 bits per heavy atom. The van der Waals surface area contributed by atoms with Crippen molar-refractivity contribution in [2.75, 3.05) is 49.5 Å². The van der Waals surface area contributed by atoms with Gasteiger partial charge >= 0.3 is 0 Å². The topological polar surface area (TPSA) is 44.3 Å². The van der Waals surface area contributed by atoms with E-state index in [2.05, 4.69) is 53.2 Å². The number of likely N-dealkylation sites (N-methyl/N-ethyl adjacent to an activating group) is 1. The van der Waals surface area contributed by atoms with Gasteiger partial charge in [0.25, 0.3) is 0 Å². The maximum atomic E-state index is 4.90. The molecule has 1 fully saturated rings. The average Bonchev–Trinajstić information content (AvgIpc) is 2.94. The molecular weight excluding hydrogens is 310 g/mol. The number of fused-ring (bicyclic) bond motifs is 1. The summed E-state index contributed by atoms with van der Waals surface area (Å²) in [4.78, 5) is 14.5. The lowest BCUT2D eigenvalue weighted by Crippen LogP contribution is -2.29. The number of anilines is 2. The molecule has 0 aliphatic carbocycles. The van der Waals surface area contributed by atoms with Crippen LogP contribution in [0, 0.1) is 0 Å². The predicted molar refractivity (Wildman–Crippen MR) is 106 cm³/mol. The number of benzene rings is 1. The molecule has 5 nitrogen and oxygen atoms in total. The van der Waals surface area contributed by atoms with E-state index in [-0.39, 0.29) is 0 Å². The van der Waals surface area contributed by atoms with E-state index in [1.807, 2.05) is 0 Å². The van der Waals surface area contributed by atoms with Gasteiger partial charge in [0.05, 0.1) is 5.52 Å². The first-order chi connectivity index (χ1) is 12.3. The molecule has 0 radical (unpaired) electrons. The molecule has 5 heteroatoms. The van der Waals surface area contributed by atoms with Crippen LogP contribution in [0.2, 0.25) is 0 Å². The SMILES string of the molecule is CCN(CC)CCNc1nc(N2CCCCCC2)c2ccccc2n1. The molecule has 1 N–H and O–H groups in total. The number of rotatable bonds is 7. The second kappa shape index (κ2) is 8.99. The van der Waals surface area contributed by atoms with Crippen molar-refractivity contribution < 1.29 is 0 Å². The predicted octanol–water partition coefficient (Wildman–Crippen LogP) is 3.76. The van der Waals surface area contributed by atoms with Gasteiger partial charge in [-0.05, 0) is 38.1 Å². The molecule has 0 spiro atoms. The van der Waals surface area contributed by atoms with Crippen molar-refractivity contribution in [2.45, 2.75) is 39.5 Å². The highest BCUT2D eigenvalue weighted by Crippen LogP contribution is 2.27. The summed E-state index contributed by atoms with van der Waals surface area (Å²) < 4.78 is 0. The van der Waals surface area contributed by atoms with Gasteiger partial charge in [0.15, 0.2) is 0 Å². The van der Waals surface area contributed by atoms with E-state index in [1.165, 1.54) is 31.1 Å². The zero-order valence-corrected chi connectivity index (χ0v) is 15.7. The van der Waals surface area contributed by atoms with Gasteiger partial charge in [-0.1, -0.05) is 38.8 Å². The first kappa shape index (κ1) is 17.9. The van der Waals surface area contributed by atoms with E-state index in [0.717, 1.165) is 56.6 Å². The first-order valence-corrected chi connectivity index (χ1v) is 9.79. The van der Waals surface area contributed by atoms with Crippen LogP contribution >= 0.6 is 0 Å². The number of aromatic nitrogens is 2. The fourth-order valence-corrected chi connectivity index (χ4v) is 3.53. The standard InChI is InChI=1S/C20H31N5/c1-3-24(4-2)16-13-21-20-22-18-12-8-7-11-17(18)19(23-20)25-14-9-5-6-10-15-25/h7-8,11-12H,3-6,9-10,13-16H2,1-2H3,(H,21,22,23). The molecule has 0 amide bonds. The van der Waals surface area contributed by atoms with Gasteiger partial charge in [0, 0.05) is 31.6 Å². The van der Waals surface area contributed by atoms with Crippen LogP contribution in [-0.4, -0.2) is 54.1 Å². The van der Waals surface area contributed by atoms with Crippen LogP contribution in [0.25, 0.3) is 10.9 Å². The molecule has 0 bridgehead atoms. The molecule has 0 atom stereocenters. The molecule has 3 rings (SSSR count). The quantitative estimate of drug-likeness (QED) is 0.830. The van der Waals surface area contributed by atoms with Gasteiger partial charge < -0.3 is 15.1 Å². The second-order valence-corrected chi connectivity index (χ2v) is 6.74. The molecule has 2 aromatic rings. The van der Waals surface area contributed by atoms with Gasteiger partial charge in [-0.15, -0.1) is 0 Å². The molecule has 0 saturated carbocycles. The Hall–Kier alpha value is -1.88. The third-order valence-electron chi connectivity index (χ3n) is 5.09. The van der Waals surface area contributed by atoms with Gasteiger partial charge in [-0.25, -0.2) is 4.98 Å². The summed E-state index contributed by atoms with van der Waals surface area (Å²) in [5, 5.41) is 4.61. The van der Waals surface area contributed by atoms with E-state index < -0.39 is 0 Å². The van der Waals surface area contributed by atoms with E-state index in [4.69, 9.17) is 9.97 Å². The molecule has 136 valence electrons. The smallest absolute Gasteiger partial charge is 0.225 e. The summed E-state index contributed by atoms with van der Waals surface area (Å²) in [5.74, 6) is 1.85. The Morgan fingerprint density at radius 3 is 2.44 bits per heavy atom. The van der Waals surface area contributed by atoms with Crippen LogP contribution in [0.1, 0.15) is 39.5 Å². The second-order valence-electron chi connectivity index (χ2n) is 6.74. The normalized spacial score (nSPS) is 15.6. The molecule has 25 heavy (non-hydrogen) atoms. The Kier molecular flexibility index (Phi) is 6.45. The van der Waals surface area contributed by atoms with Crippen molar-refractivity contribution in [2.24, 2.45) is 0 Å². The number of hydrogen-bond donors (Lipinski definition) is 1. The fraction of sp³-hybridized carbons (Fsp3) is 0.600. The lowest BCUT2D eigenvalue weighted by Gasteiger charge is -2.24. The molecule has 1 aromatic heterocycles. The van der Waals surface area contributed by atoms with E-state index >= 15 is 0 Å². The minimum Gasteiger partial charge on any atom is -0.356 e. The van der Waals surface area contributed by atoms with Gasteiger partial charge in [-0.2, -0.15) is 4.98 Å². The lowest BCUT2D eigenvalue weighted by molar-refractivity contribution is 0.316. The van der Waals surface area contributed by atoms with Crippen LogP contribution < -0.4 is 10.2 Å². The minimum absolute atomic E-state index is 0.755. The Labute approximate surface area is 151 Å². The Balaban J connectivity index is 1.82. The summed E-state index contributed by atoms with van der Waals surface area (Å²) in [6.45, 7) is 10.6. The minimum atomic E-state index is 0.755. The molecule has 0 unspecified atom stereocenters. The molecule has 2 heterocycles. The van der Waals surface area contributed by atoms with Crippen molar-refractivity contribution in [1.29, 1.82) is 0 Å². The zero-order valence-electron chi connectivity index (χ0n) is 15.7. The van der Waals surface area contributed by atoms with Crippen molar-refractivity contribution >= 4 is 22.7 Å². The number of hydrogen-bond acceptors (Lipinski definition) is 5. The summed E-state index contributed by atoms with van der Waals surface area (Å²) in [7, 11) is 0. The lowest BCUT2D eigenvalue weighted by atomic mass is 10.2. The van der Waals surface area contributed by atoms with Gasteiger partial charge in [0.2, 0.25) is 5.95 Å². The summed E-state index contributed by atoms with van der Waals surface area (Å²) >= 11 is 0. The maximum absolute atomic E-state index is 4.90. The van der Waals surface area contributed by atoms with Crippen molar-refractivity contribution in [3.63, 3.8) is 0 Å². The van der Waals surface area contributed by atoms with Crippen molar-refractivity contribution in [3.8, 4) is 0 Å². The number of nitrogens with zero attached hydrogens (tertiary/aromatic N) is 4. The van der Waals surface area contributed by atoms with Gasteiger partial charge in [-0.3, -0.25) is 0 Å². The van der Waals surface area contributed by atoms with Crippen LogP contribution in [0.5, 0.6) is 0 Å². The maximum Gasteiger partial charge on any atom is 0.225 e. The highest BCUT2D eigenvalue weighted by Gasteiger charge is 2.16. The zero-order chi connectivity index (χ0) is 17.5. The molecule has 1 aromatic carbocycles. The molecule has 1 aliphatic rings. The summed E-state index contributed by atoms with van der Waals surface area (Å²) in [6, 6.07) is 8.38. The molecule has 1 aliphatic heterocycles. The Morgan fingerprint density at radius 1 is 1.00 bits per heavy atom. The third-order valence-corrected chi connectivity index (χ3v) is 5.09. The Bertz CT molecular complexity index is 660. The van der Waals surface area contributed by atoms with Crippen LogP contribution in [0.15, 0.2) is 24.3 Å². The van der Waals surface area contributed by atoms with E-state index in [9.17, 15) is 0 Å². The molecule has 1 saturated heterocycles. The highest BCUT2D eigenvalue weighted by atomic mass is 15.2. The van der Waals surface area contributed by atoms with Crippen LogP contribution in [0.3, 0.4) is 0 Å². The number of nitrogens with one attached hydrogen (secondary N) is 1. The average molecular weight is 342 g/mol. The first-order valence-electron chi connectivity index (χ1n) is 9.79. The number of para-hydroxylation sites is 1. The van der Waals surface area contributed by atoms with Crippen LogP contribution in [0.4, 0.5) is 11.8 Å². The summed E-state index contributed by atoms with van der Waals surface area (Å²) in [6.07, 6.45) is 5.16. The van der Waals surface area contributed by atoms with Crippen molar-refractivity contribution in [1.82, 2.24) is 14.9 Å². The summed E-state index contributed by atoms with van der Waals surface area (Å²) in [5.41, 5.74) is 1.03. The highest BCUT2D eigenvalue weighted by molar-refractivity contribution is 5.90. The van der Waals surface area contributed by atoms with E-state index in [1.54, 1.807) is 0 Å². The van der Waals surface area contributed by atoms with Gasteiger partial charge in [0.1, 0.15) is 5.82 Å². The third kappa shape index (κ3) is 4.60. The monoisotopic (exact) mass is 341 g/mol. The fourth-order valence-electron chi connectivity index (χ4n) is 3.53.